The van der Waals surface area contributed by atoms with Crippen LogP contribution in [-0.2, 0) is 14.4 Å². The van der Waals surface area contributed by atoms with Crippen molar-refractivity contribution in [3.63, 3.8) is 0 Å². The molecule has 0 spiro atoms. The van der Waals surface area contributed by atoms with Gasteiger partial charge < -0.3 is 5.32 Å². The van der Waals surface area contributed by atoms with Gasteiger partial charge in [-0.15, -0.1) is 0 Å². The minimum Gasteiger partial charge on any atom is -0.326 e. The maximum absolute atomic E-state index is 11.7. The molecule has 0 bridgehead atoms. The predicted octanol–water partition coefficient (Wildman–Crippen LogP) is 2.99. The highest BCUT2D eigenvalue weighted by Crippen LogP contribution is 2.09. The van der Waals surface area contributed by atoms with E-state index in [1.165, 1.54) is 12.2 Å². The summed E-state index contributed by atoms with van der Waals surface area (Å²) < 4.78 is 0. The number of carbonyl (C=O) groups is 2. The van der Waals surface area contributed by atoms with Crippen LogP contribution >= 0.6 is 0 Å². The highest BCUT2D eigenvalue weighted by atomic mass is 16.7. The number of rotatable bonds is 9. The van der Waals surface area contributed by atoms with E-state index < -0.39 is 0 Å². The fourth-order valence-corrected chi connectivity index (χ4v) is 1.92. The van der Waals surface area contributed by atoms with Gasteiger partial charge in [-0.2, -0.15) is 0 Å². The molecular formula is C16H24N2O3. The van der Waals surface area contributed by atoms with Crippen molar-refractivity contribution in [2.24, 2.45) is 0 Å². The van der Waals surface area contributed by atoms with Gasteiger partial charge >= 0.3 is 0 Å². The molecule has 0 saturated heterocycles. The van der Waals surface area contributed by atoms with E-state index in [1.54, 1.807) is 7.05 Å². The van der Waals surface area contributed by atoms with Gasteiger partial charge in [-0.1, -0.05) is 31.0 Å². The molecule has 0 aromatic heterocycles. The fourth-order valence-electron chi connectivity index (χ4n) is 1.92. The number of unbranched alkanes of at least 4 members (excludes halogenated alkanes) is 3. The Hall–Kier alpha value is -1.88. The Balaban J connectivity index is 2.04. The number of nitrogens with one attached hydrogen (secondary N) is 1. The van der Waals surface area contributed by atoms with Crippen LogP contribution in [0.15, 0.2) is 30.3 Å². The van der Waals surface area contributed by atoms with E-state index in [9.17, 15) is 9.59 Å². The maximum atomic E-state index is 11.7. The van der Waals surface area contributed by atoms with Crippen molar-refractivity contribution in [3.05, 3.63) is 30.3 Å². The van der Waals surface area contributed by atoms with Crippen molar-refractivity contribution in [2.75, 3.05) is 19.5 Å². The van der Waals surface area contributed by atoms with Crippen LogP contribution in [-0.4, -0.2) is 31.0 Å². The van der Waals surface area contributed by atoms with Gasteiger partial charge in [-0.25, -0.2) is 5.06 Å². The largest absolute Gasteiger partial charge is 0.326 e. The van der Waals surface area contributed by atoms with Gasteiger partial charge in [0.1, 0.15) is 0 Å². The van der Waals surface area contributed by atoms with Gasteiger partial charge in [-0.05, 0) is 25.0 Å². The normalized spacial score (nSPS) is 10.2. The molecule has 2 amide bonds. The van der Waals surface area contributed by atoms with Gasteiger partial charge in [0.25, 0.3) is 0 Å². The van der Waals surface area contributed by atoms with E-state index in [1.807, 2.05) is 30.3 Å². The molecule has 0 aliphatic rings. The summed E-state index contributed by atoms with van der Waals surface area (Å²) in [5, 5.41) is 4.10. The molecule has 0 aliphatic heterocycles. The summed E-state index contributed by atoms with van der Waals surface area (Å²) in [5.41, 5.74) is 0.829. The Morgan fingerprint density at radius 1 is 1.05 bits per heavy atom. The first-order valence-corrected chi connectivity index (χ1v) is 7.29. The van der Waals surface area contributed by atoms with Gasteiger partial charge in [0.2, 0.25) is 11.8 Å². The molecule has 0 saturated carbocycles. The Labute approximate surface area is 126 Å². The summed E-state index contributed by atoms with van der Waals surface area (Å²) in [7, 11) is 3.08. The van der Waals surface area contributed by atoms with Crippen molar-refractivity contribution >= 4 is 17.5 Å². The SMILES string of the molecule is CON(C)C(=O)CCCCCCC(=O)Nc1ccccc1. The molecule has 0 aliphatic carbocycles. The molecule has 0 atom stereocenters. The highest BCUT2D eigenvalue weighted by molar-refractivity contribution is 5.90. The lowest BCUT2D eigenvalue weighted by Gasteiger charge is -2.13. The van der Waals surface area contributed by atoms with E-state index in [4.69, 9.17) is 4.84 Å². The van der Waals surface area contributed by atoms with E-state index in [2.05, 4.69) is 5.32 Å². The molecule has 116 valence electrons. The fraction of sp³-hybridized carbons (Fsp3) is 0.500. The quantitative estimate of drug-likeness (QED) is 0.562. The molecule has 0 heterocycles. The first-order chi connectivity index (χ1) is 10.1. The molecule has 1 rings (SSSR count). The van der Waals surface area contributed by atoms with Gasteiger partial charge in [0, 0.05) is 25.6 Å². The monoisotopic (exact) mass is 292 g/mol. The topological polar surface area (TPSA) is 58.6 Å². The number of para-hydroxylation sites is 1. The van der Waals surface area contributed by atoms with Crippen LogP contribution in [0.2, 0.25) is 0 Å². The Bertz CT molecular complexity index is 434. The molecular weight excluding hydrogens is 268 g/mol. The second kappa shape index (κ2) is 9.94. The van der Waals surface area contributed by atoms with Gasteiger partial charge in [0.15, 0.2) is 0 Å². The number of amides is 2. The summed E-state index contributed by atoms with van der Waals surface area (Å²) in [6, 6.07) is 9.44. The van der Waals surface area contributed by atoms with E-state index in [-0.39, 0.29) is 11.8 Å². The molecule has 1 aromatic rings. The Morgan fingerprint density at radius 3 is 2.29 bits per heavy atom. The van der Waals surface area contributed by atoms with Crippen molar-refractivity contribution in [2.45, 2.75) is 38.5 Å². The smallest absolute Gasteiger partial charge is 0.245 e. The lowest BCUT2D eigenvalue weighted by Crippen LogP contribution is -2.24. The highest BCUT2D eigenvalue weighted by Gasteiger charge is 2.07. The maximum Gasteiger partial charge on any atom is 0.245 e. The number of hydroxylamine groups is 2. The molecule has 5 nitrogen and oxygen atoms in total. The molecule has 0 fully saturated rings. The lowest BCUT2D eigenvalue weighted by atomic mass is 10.1. The second-order valence-corrected chi connectivity index (χ2v) is 4.90. The van der Waals surface area contributed by atoms with Crippen LogP contribution in [0.3, 0.4) is 0 Å². The predicted molar refractivity (Wildman–Crippen MR) is 82.6 cm³/mol. The summed E-state index contributed by atoms with van der Waals surface area (Å²) >= 11 is 0. The lowest BCUT2D eigenvalue weighted by molar-refractivity contribution is -0.168. The zero-order valence-corrected chi connectivity index (χ0v) is 12.8. The van der Waals surface area contributed by atoms with E-state index >= 15 is 0 Å². The van der Waals surface area contributed by atoms with Crippen LogP contribution in [0.1, 0.15) is 38.5 Å². The van der Waals surface area contributed by atoms with Crippen molar-refractivity contribution in [1.29, 1.82) is 0 Å². The third-order valence-corrected chi connectivity index (χ3v) is 3.23. The van der Waals surface area contributed by atoms with Crippen LogP contribution in [0.25, 0.3) is 0 Å². The molecule has 5 heteroatoms. The standard InChI is InChI=1S/C16H24N2O3/c1-18(21-2)16(20)13-9-4-3-8-12-15(19)17-14-10-6-5-7-11-14/h5-7,10-11H,3-4,8-9,12-13H2,1-2H3,(H,17,19). The molecule has 1 N–H and O–H groups in total. The minimum atomic E-state index is -0.0145. The average Bonchev–Trinajstić information content (AvgIpc) is 2.50. The first kappa shape index (κ1) is 17.2. The Kier molecular flexibility index (Phi) is 8.12. The van der Waals surface area contributed by atoms with Gasteiger partial charge in [-0.3, -0.25) is 14.4 Å². The number of hydrogen-bond acceptors (Lipinski definition) is 3. The van der Waals surface area contributed by atoms with Crippen LogP contribution in [0, 0.1) is 0 Å². The Morgan fingerprint density at radius 2 is 1.67 bits per heavy atom. The number of carbonyl (C=O) groups excluding carboxylic acids is 2. The molecule has 21 heavy (non-hydrogen) atoms. The van der Waals surface area contributed by atoms with Crippen LogP contribution < -0.4 is 5.32 Å². The third-order valence-electron chi connectivity index (χ3n) is 3.23. The summed E-state index contributed by atoms with van der Waals surface area (Å²) in [6.07, 6.45) is 4.56. The second-order valence-electron chi connectivity index (χ2n) is 4.90. The molecule has 0 radical (unpaired) electrons. The van der Waals surface area contributed by atoms with Crippen LogP contribution in [0.4, 0.5) is 5.69 Å². The molecule has 0 unspecified atom stereocenters. The molecule has 1 aromatic carbocycles. The van der Waals surface area contributed by atoms with Crippen molar-refractivity contribution in [1.82, 2.24) is 5.06 Å². The van der Waals surface area contributed by atoms with Crippen molar-refractivity contribution < 1.29 is 14.4 Å². The van der Waals surface area contributed by atoms with E-state index in [0.717, 1.165) is 31.4 Å². The van der Waals surface area contributed by atoms with Crippen LogP contribution in [0.5, 0.6) is 0 Å². The number of anilines is 1. The summed E-state index contributed by atoms with van der Waals surface area (Å²) in [4.78, 5) is 28.0. The summed E-state index contributed by atoms with van der Waals surface area (Å²) in [5.74, 6) is 0.0238. The number of hydrogen-bond donors (Lipinski definition) is 1. The van der Waals surface area contributed by atoms with Gasteiger partial charge in [0.05, 0.1) is 7.11 Å². The summed E-state index contributed by atoms with van der Waals surface area (Å²) in [6.45, 7) is 0. The number of nitrogens with zero attached hydrogens (tertiary/aromatic N) is 1. The van der Waals surface area contributed by atoms with Crippen molar-refractivity contribution in [3.8, 4) is 0 Å². The number of benzene rings is 1. The zero-order valence-electron chi connectivity index (χ0n) is 12.8. The first-order valence-electron chi connectivity index (χ1n) is 7.29. The minimum absolute atomic E-state index is 0.0145. The third kappa shape index (κ3) is 7.46. The van der Waals surface area contributed by atoms with E-state index in [0.29, 0.717) is 12.8 Å². The zero-order chi connectivity index (χ0) is 15.5. The average molecular weight is 292 g/mol.